The molecule has 0 unspecified atom stereocenters. The molecule has 1 aromatic rings. The normalized spacial score (nSPS) is 28.6. The van der Waals surface area contributed by atoms with Crippen molar-refractivity contribution in [2.75, 3.05) is 19.8 Å². The number of hydrogen-bond acceptors (Lipinski definition) is 11. The van der Waals surface area contributed by atoms with Gasteiger partial charge < -0.3 is 34.6 Å². The Labute approximate surface area is 147 Å². The maximum Gasteiger partial charge on any atom is 0.361 e. The van der Waals surface area contributed by atoms with Gasteiger partial charge in [-0.2, -0.15) is 0 Å². The van der Waals surface area contributed by atoms with Crippen molar-refractivity contribution >= 4 is 11.9 Å². The minimum Gasteiger partial charge on any atom is -0.461 e. The minimum atomic E-state index is -1.77. The molecule has 0 saturated carbocycles. The van der Waals surface area contributed by atoms with Crippen molar-refractivity contribution in [1.29, 1.82) is 0 Å². The topological polar surface area (TPSA) is 173 Å². The van der Waals surface area contributed by atoms with E-state index in [1.807, 2.05) is 0 Å². The number of aliphatic hydroxyl groups is 4. The molecule has 1 aliphatic rings. The SMILES string of the molecule is CCOC(=O)c1nnn([C@@H]2[C@@H](O)[C@@H](O)O[C@H](CO)[C@H]2O)c1C(=O)OCC. The monoisotopic (exact) mass is 375 g/mol. The lowest BCUT2D eigenvalue weighted by atomic mass is 9.96. The summed E-state index contributed by atoms with van der Waals surface area (Å²) in [7, 11) is 0. The van der Waals surface area contributed by atoms with E-state index in [-0.39, 0.29) is 13.2 Å². The molecule has 0 spiro atoms. The fourth-order valence-electron chi connectivity index (χ4n) is 2.60. The van der Waals surface area contributed by atoms with Gasteiger partial charge in [-0.1, -0.05) is 5.21 Å². The van der Waals surface area contributed by atoms with Gasteiger partial charge in [0.2, 0.25) is 5.69 Å². The number of aromatic nitrogens is 3. The minimum absolute atomic E-state index is 0.0157. The van der Waals surface area contributed by atoms with Crippen molar-refractivity contribution in [3.05, 3.63) is 11.4 Å². The number of ether oxygens (including phenoxy) is 3. The predicted octanol–water partition coefficient (Wildman–Crippen LogP) is -2.40. The van der Waals surface area contributed by atoms with E-state index in [4.69, 9.17) is 14.2 Å². The number of nitrogens with zero attached hydrogens (tertiary/aromatic N) is 3. The van der Waals surface area contributed by atoms with Crippen LogP contribution in [0.2, 0.25) is 0 Å². The summed E-state index contributed by atoms with van der Waals surface area (Å²) in [4.78, 5) is 24.3. The number of carbonyl (C=O) groups excluding carboxylic acids is 2. The Bertz CT molecular complexity index is 650. The van der Waals surface area contributed by atoms with Crippen LogP contribution in [0.25, 0.3) is 0 Å². The lowest BCUT2D eigenvalue weighted by molar-refractivity contribution is -0.270. The molecule has 0 radical (unpaired) electrons. The summed E-state index contributed by atoms with van der Waals surface area (Å²) >= 11 is 0. The van der Waals surface area contributed by atoms with Gasteiger partial charge in [-0.25, -0.2) is 14.3 Å². The highest BCUT2D eigenvalue weighted by Crippen LogP contribution is 2.30. The van der Waals surface area contributed by atoms with Crippen molar-refractivity contribution in [2.24, 2.45) is 0 Å². The van der Waals surface area contributed by atoms with Crippen molar-refractivity contribution in [3.63, 3.8) is 0 Å². The smallest absolute Gasteiger partial charge is 0.361 e. The molecule has 12 nitrogen and oxygen atoms in total. The highest BCUT2D eigenvalue weighted by Gasteiger charge is 2.47. The Balaban J connectivity index is 2.53. The standard InChI is InChI=1S/C14H21N3O9/c1-3-24-12(21)7-8(13(22)25-4-2)17(16-15-7)9-10(19)6(5-18)26-14(23)11(9)20/h6,9-11,14,18-20,23H,3-5H2,1-2H3/t6-,9+,10-,11-,14+/m1/s1. The quantitative estimate of drug-likeness (QED) is 0.390. The second kappa shape index (κ2) is 8.51. The molecule has 26 heavy (non-hydrogen) atoms. The summed E-state index contributed by atoms with van der Waals surface area (Å²) in [6.45, 7) is 2.42. The van der Waals surface area contributed by atoms with E-state index in [1.54, 1.807) is 13.8 Å². The van der Waals surface area contributed by atoms with Crippen molar-refractivity contribution in [1.82, 2.24) is 15.0 Å². The van der Waals surface area contributed by atoms with Crippen molar-refractivity contribution < 1.29 is 44.2 Å². The first-order chi connectivity index (χ1) is 12.4. The molecule has 5 atom stereocenters. The van der Waals surface area contributed by atoms with Crippen molar-refractivity contribution in [2.45, 2.75) is 44.5 Å². The first kappa shape index (κ1) is 20.2. The van der Waals surface area contributed by atoms with Crippen LogP contribution in [0.5, 0.6) is 0 Å². The van der Waals surface area contributed by atoms with E-state index in [1.165, 1.54) is 0 Å². The average molecular weight is 375 g/mol. The molecule has 0 bridgehead atoms. The van der Waals surface area contributed by atoms with Gasteiger partial charge in [0.05, 0.1) is 19.8 Å². The second-order valence-corrected chi connectivity index (χ2v) is 5.39. The summed E-state index contributed by atoms with van der Waals surface area (Å²) < 4.78 is 15.4. The molecule has 146 valence electrons. The Morgan fingerprint density at radius 1 is 1.12 bits per heavy atom. The summed E-state index contributed by atoms with van der Waals surface area (Å²) in [5, 5.41) is 46.8. The van der Waals surface area contributed by atoms with Gasteiger partial charge in [0.25, 0.3) is 0 Å². The summed E-state index contributed by atoms with van der Waals surface area (Å²) in [6, 6.07) is -1.44. The van der Waals surface area contributed by atoms with Crippen LogP contribution in [-0.4, -0.2) is 91.8 Å². The van der Waals surface area contributed by atoms with Gasteiger partial charge in [0.1, 0.15) is 24.4 Å². The number of hydrogen-bond donors (Lipinski definition) is 4. The maximum absolute atomic E-state index is 12.3. The number of carbonyl (C=O) groups is 2. The molecule has 1 aliphatic heterocycles. The molecule has 4 N–H and O–H groups in total. The Kier molecular flexibility index (Phi) is 6.61. The maximum atomic E-state index is 12.3. The molecular formula is C14H21N3O9. The van der Waals surface area contributed by atoms with Crippen molar-refractivity contribution in [3.8, 4) is 0 Å². The molecule has 2 heterocycles. The van der Waals surface area contributed by atoms with Gasteiger partial charge in [0, 0.05) is 0 Å². The summed E-state index contributed by atoms with van der Waals surface area (Å²) in [6.07, 6.45) is -6.32. The van der Waals surface area contributed by atoms with Gasteiger partial charge >= 0.3 is 11.9 Å². The molecule has 1 saturated heterocycles. The molecule has 12 heteroatoms. The van der Waals surface area contributed by atoms with E-state index in [0.717, 1.165) is 4.68 Å². The van der Waals surface area contributed by atoms with Crippen LogP contribution in [0, 0.1) is 0 Å². The first-order valence-electron chi connectivity index (χ1n) is 7.97. The van der Waals surface area contributed by atoms with E-state index < -0.39 is 60.6 Å². The average Bonchev–Trinajstić information content (AvgIpc) is 3.03. The van der Waals surface area contributed by atoms with Crippen LogP contribution < -0.4 is 0 Å². The highest BCUT2D eigenvalue weighted by molar-refractivity contribution is 6.00. The van der Waals surface area contributed by atoms with Gasteiger partial charge in [-0.05, 0) is 13.8 Å². The van der Waals surface area contributed by atoms with E-state index >= 15 is 0 Å². The van der Waals surface area contributed by atoms with E-state index in [2.05, 4.69) is 10.3 Å². The molecular weight excluding hydrogens is 354 g/mol. The third kappa shape index (κ3) is 3.68. The number of esters is 2. The number of aliphatic hydroxyl groups excluding tert-OH is 4. The Morgan fingerprint density at radius 2 is 1.73 bits per heavy atom. The van der Waals surface area contributed by atoms with Gasteiger partial charge in [-0.15, -0.1) is 5.10 Å². The van der Waals surface area contributed by atoms with Crippen LogP contribution in [0.15, 0.2) is 0 Å². The van der Waals surface area contributed by atoms with E-state index in [9.17, 15) is 30.0 Å². The fraction of sp³-hybridized carbons (Fsp3) is 0.714. The lowest BCUT2D eigenvalue weighted by Crippen LogP contribution is -2.56. The molecule has 0 aromatic carbocycles. The molecule has 2 rings (SSSR count). The largest absolute Gasteiger partial charge is 0.461 e. The predicted molar refractivity (Wildman–Crippen MR) is 81.0 cm³/mol. The Hall–Kier alpha value is -2.12. The zero-order valence-electron chi connectivity index (χ0n) is 14.2. The van der Waals surface area contributed by atoms with Crippen LogP contribution in [0.1, 0.15) is 40.9 Å². The van der Waals surface area contributed by atoms with Crippen LogP contribution in [0.3, 0.4) is 0 Å². The third-order valence-electron chi connectivity index (χ3n) is 3.78. The van der Waals surface area contributed by atoms with Crippen LogP contribution in [-0.2, 0) is 14.2 Å². The van der Waals surface area contributed by atoms with E-state index in [0.29, 0.717) is 0 Å². The molecule has 0 aliphatic carbocycles. The molecule has 0 amide bonds. The number of rotatable bonds is 6. The van der Waals surface area contributed by atoms with Crippen LogP contribution in [0.4, 0.5) is 0 Å². The van der Waals surface area contributed by atoms with Gasteiger partial charge in [0.15, 0.2) is 12.0 Å². The van der Waals surface area contributed by atoms with Crippen LogP contribution >= 0.6 is 0 Å². The fourth-order valence-corrected chi connectivity index (χ4v) is 2.60. The third-order valence-corrected chi connectivity index (χ3v) is 3.78. The van der Waals surface area contributed by atoms with Gasteiger partial charge in [-0.3, -0.25) is 0 Å². The summed E-state index contributed by atoms with van der Waals surface area (Å²) in [5.74, 6) is -1.93. The first-order valence-corrected chi connectivity index (χ1v) is 7.97. The zero-order valence-corrected chi connectivity index (χ0v) is 14.2. The molecule has 1 fully saturated rings. The summed E-state index contributed by atoms with van der Waals surface area (Å²) in [5.41, 5.74) is -0.926. The lowest BCUT2D eigenvalue weighted by Gasteiger charge is -2.40. The Morgan fingerprint density at radius 3 is 2.31 bits per heavy atom. The zero-order chi connectivity index (χ0) is 19.4. The highest BCUT2D eigenvalue weighted by atomic mass is 16.6. The second-order valence-electron chi connectivity index (χ2n) is 5.39. The molecule has 1 aromatic heterocycles.